The first-order valence-electron chi connectivity index (χ1n) is 4.92. The minimum absolute atomic E-state index is 0.293. The van der Waals surface area contributed by atoms with E-state index in [2.05, 4.69) is 21.2 Å². The van der Waals surface area contributed by atoms with Crippen LogP contribution in [0.2, 0.25) is 5.02 Å². The number of hydrogen-bond acceptors (Lipinski definition) is 3. The van der Waals surface area contributed by atoms with Gasteiger partial charge in [-0.3, -0.25) is 0 Å². The summed E-state index contributed by atoms with van der Waals surface area (Å²) >= 11 is 9.33. The summed E-state index contributed by atoms with van der Waals surface area (Å²) in [7, 11) is 0. The van der Waals surface area contributed by atoms with Gasteiger partial charge in [0, 0.05) is 4.47 Å². The van der Waals surface area contributed by atoms with Crippen LogP contribution >= 0.6 is 27.5 Å². The molecule has 0 aliphatic carbocycles. The van der Waals surface area contributed by atoms with Crippen LogP contribution in [0.25, 0.3) is 0 Å². The zero-order valence-electron chi connectivity index (χ0n) is 9.09. The predicted molar refractivity (Wildman–Crippen MR) is 68.9 cm³/mol. The minimum Gasteiger partial charge on any atom is -0.464 e. The number of halogens is 2. The Morgan fingerprint density at radius 3 is 2.94 bits per heavy atom. The number of ether oxygens (including phenoxy) is 1. The van der Waals surface area contributed by atoms with Crippen LogP contribution in [0.5, 0.6) is 0 Å². The van der Waals surface area contributed by atoms with Gasteiger partial charge in [-0.1, -0.05) is 27.5 Å². The largest absolute Gasteiger partial charge is 0.464 e. The van der Waals surface area contributed by atoms with Crippen LogP contribution in [-0.2, 0) is 9.53 Å². The van der Waals surface area contributed by atoms with Crippen LogP contribution in [0.4, 0.5) is 5.69 Å². The third kappa shape index (κ3) is 3.68. The first-order chi connectivity index (χ1) is 7.54. The van der Waals surface area contributed by atoms with E-state index >= 15 is 0 Å². The maximum absolute atomic E-state index is 11.4. The number of carbonyl (C=O) groups is 1. The minimum atomic E-state index is -0.424. The van der Waals surface area contributed by atoms with Crippen molar-refractivity contribution in [3.05, 3.63) is 27.7 Å². The number of esters is 1. The zero-order chi connectivity index (χ0) is 12.1. The highest BCUT2D eigenvalue weighted by molar-refractivity contribution is 9.10. The van der Waals surface area contributed by atoms with Crippen LogP contribution in [0.3, 0.4) is 0 Å². The van der Waals surface area contributed by atoms with Crippen molar-refractivity contribution in [1.82, 2.24) is 0 Å². The van der Waals surface area contributed by atoms with Gasteiger partial charge in [0.05, 0.1) is 17.3 Å². The summed E-state index contributed by atoms with van der Waals surface area (Å²) in [6, 6.07) is 4.98. The van der Waals surface area contributed by atoms with Crippen molar-refractivity contribution in [2.75, 3.05) is 11.9 Å². The van der Waals surface area contributed by atoms with Gasteiger partial charge < -0.3 is 10.1 Å². The van der Waals surface area contributed by atoms with Crippen molar-refractivity contribution in [3.8, 4) is 0 Å². The van der Waals surface area contributed by atoms with Gasteiger partial charge in [0.15, 0.2) is 0 Å². The molecule has 0 aromatic heterocycles. The summed E-state index contributed by atoms with van der Waals surface area (Å²) in [4.78, 5) is 11.4. The molecule has 1 aromatic rings. The smallest absolute Gasteiger partial charge is 0.328 e. The Balaban J connectivity index is 2.72. The van der Waals surface area contributed by atoms with Gasteiger partial charge in [0.2, 0.25) is 0 Å². The van der Waals surface area contributed by atoms with E-state index in [0.717, 1.165) is 4.47 Å². The SMILES string of the molecule is CCOC(=O)C(C)Nc1cc(Br)ccc1Cl. The molecule has 0 radical (unpaired) electrons. The molecule has 0 saturated heterocycles. The second-order valence-corrected chi connectivity index (χ2v) is 4.57. The average molecular weight is 307 g/mol. The van der Waals surface area contributed by atoms with E-state index in [4.69, 9.17) is 16.3 Å². The number of benzene rings is 1. The zero-order valence-corrected chi connectivity index (χ0v) is 11.4. The standard InChI is InChI=1S/C11H13BrClNO2/c1-3-16-11(15)7(2)14-10-6-8(12)4-5-9(10)13/h4-7,14H,3H2,1-2H3. The third-order valence-electron chi connectivity index (χ3n) is 1.94. The lowest BCUT2D eigenvalue weighted by Crippen LogP contribution is -2.28. The Kier molecular flexibility index (Phi) is 5.09. The summed E-state index contributed by atoms with van der Waals surface area (Å²) in [6.45, 7) is 3.88. The van der Waals surface area contributed by atoms with E-state index in [0.29, 0.717) is 17.3 Å². The Hall–Kier alpha value is -0.740. The Morgan fingerprint density at radius 1 is 1.62 bits per heavy atom. The molecule has 0 bridgehead atoms. The fraction of sp³-hybridized carbons (Fsp3) is 0.364. The summed E-state index contributed by atoms with van der Waals surface area (Å²) in [5.74, 6) is -0.293. The highest BCUT2D eigenvalue weighted by Crippen LogP contribution is 2.26. The van der Waals surface area contributed by atoms with Gasteiger partial charge in [-0.05, 0) is 32.0 Å². The van der Waals surface area contributed by atoms with Gasteiger partial charge in [0.1, 0.15) is 6.04 Å². The van der Waals surface area contributed by atoms with E-state index in [1.54, 1.807) is 19.9 Å². The lowest BCUT2D eigenvalue weighted by Gasteiger charge is -2.15. The lowest BCUT2D eigenvalue weighted by atomic mass is 10.2. The third-order valence-corrected chi connectivity index (χ3v) is 2.76. The molecule has 0 fully saturated rings. The molecular weight excluding hydrogens is 293 g/mol. The summed E-state index contributed by atoms with van der Waals surface area (Å²) < 4.78 is 5.79. The van der Waals surface area contributed by atoms with Crippen LogP contribution in [0.1, 0.15) is 13.8 Å². The maximum Gasteiger partial charge on any atom is 0.328 e. The molecule has 1 aromatic carbocycles. The normalized spacial score (nSPS) is 12.0. The van der Waals surface area contributed by atoms with E-state index < -0.39 is 6.04 Å². The first-order valence-corrected chi connectivity index (χ1v) is 6.10. The average Bonchev–Trinajstić information content (AvgIpc) is 2.23. The van der Waals surface area contributed by atoms with Crippen LogP contribution < -0.4 is 5.32 Å². The molecule has 5 heteroatoms. The van der Waals surface area contributed by atoms with Crippen molar-refractivity contribution in [2.45, 2.75) is 19.9 Å². The van der Waals surface area contributed by atoms with E-state index in [-0.39, 0.29) is 5.97 Å². The maximum atomic E-state index is 11.4. The number of carbonyl (C=O) groups excluding carboxylic acids is 1. The van der Waals surface area contributed by atoms with Gasteiger partial charge >= 0.3 is 5.97 Å². The molecule has 0 aliphatic heterocycles. The van der Waals surface area contributed by atoms with Crippen molar-refractivity contribution >= 4 is 39.2 Å². The van der Waals surface area contributed by atoms with Crippen molar-refractivity contribution in [3.63, 3.8) is 0 Å². The van der Waals surface area contributed by atoms with Crippen molar-refractivity contribution in [1.29, 1.82) is 0 Å². The molecule has 0 spiro atoms. The molecule has 0 aliphatic rings. The highest BCUT2D eigenvalue weighted by Gasteiger charge is 2.14. The summed E-state index contributed by atoms with van der Waals surface area (Å²) in [5.41, 5.74) is 0.705. The molecule has 0 saturated carbocycles. The van der Waals surface area contributed by atoms with E-state index in [1.807, 2.05) is 12.1 Å². The molecule has 16 heavy (non-hydrogen) atoms. The van der Waals surface area contributed by atoms with Gasteiger partial charge in [-0.2, -0.15) is 0 Å². The quantitative estimate of drug-likeness (QED) is 0.866. The summed E-state index contributed by atoms with van der Waals surface area (Å²) in [5, 5.41) is 3.57. The van der Waals surface area contributed by atoms with Crippen LogP contribution in [0.15, 0.2) is 22.7 Å². The van der Waals surface area contributed by atoms with Crippen molar-refractivity contribution < 1.29 is 9.53 Å². The number of hydrogen-bond donors (Lipinski definition) is 1. The summed E-state index contributed by atoms with van der Waals surface area (Å²) in [6.07, 6.45) is 0. The number of anilines is 1. The topological polar surface area (TPSA) is 38.3 Å². The molecule has 1 N–H and O–H groups in total. The van der Waals surface area contributed by atoms with Crippen molar-refractivity contribution in [2.24, 2.45) is 0 Å². The Morgan fingerprint density at radius 2 is 2.31 bits per heavy atom. The molecule has 1 atom stereocenters. The molecule has 1 rings (SSSR count). The van der Waals surface area contributed by atoms with E-state index in [1.165, 1.54) is 0 Å². The van der Waals surface area contributed by atoms with Crippen LogP contribution in [0, 0.1) is 0 Å². The van der Waals surface area contributed by atoms with Crippen LogP contribution in [-0.4, -0.2) is 18.6 Å². The molecule has 88 valence electrons. The van der Waals surface area contributed by atoms with Gasteiger partial charge in [0.25, 0.3) is 0 Å². The fourth-order valence-electron chi connectivity index (χ4n) is 1.17. The second-order valence-electron chi connectivity index (χ2n) is 3.24. The molecule has 1 unspecified atom stereocenters. The highest BCUT2D eigenvalue weighted by atomic mass is 79.9. The monoisotopic (exact) mass is 305 g/mol. The molecule has 3 nitrogen and oxygen atoms in total. The first kappa shape index (κ1) is 13.3. The van der Waals surface area contributed by atoms with E-state index in [9.17, 15) is 4.79 Å². The molecular formula is C11H13BrClNO2. The Bertz CT molecular complexity index is 384. The Labute approximate surface area is 108 Å². The fourth-order valence-corrected chi connectivity index (χ4v) is 1.70. The number of nitrogens with one attached hydrogen (secondary N) is 1. The second kappa shape index (κ2) is 6.11. The van der Waals surface area contributed by atoms with Gasteiger partial charge in [-0.25, -0.2) is 4.79 Å². The number of rotatable bonds is 4. The lowest BCUT2D eigenvalue weighted by molar-refractivity contribution is -0.143. The predicted octanol–water partition coefficient (Wildman–Crippen LogP) is 3.47. The molecule has 0 amide bonds. The van der Waals surface area contributed by atoms with Gasteiger partial charge in [-0.15, -0.1) is 0 Å². The molecule has 0 heterocycles.